The maximum Gasteiger partial charge on any atom is 0.200 e. The number of benzene rings is 2. The van der Waals surface area contributed by atoms with Gasteiger partial charge in [0.25, 0.3) is 0 Å². The van der Waals surface area contributed by atoms with Crippen molar-refractivity contribution in [2.45, 2.75) is 0 Å². The van der Waals surface area contributed by atoms with Crippen LogP contribution in [0, 0.1) is 0 Å². The lowest BCUT2D eigenvalue weighted by Crippen LogP contribution is -2.06. The highest BCUT2D eigenvalue weighted by molar-refractivity contribution is 6.31. The minimum atomic E-state index is -0.184. The van der Waals surface area contributed by atoms with Crippen LogP contribution in [0.15, 0.2) is 42.5 Å². The highest BCUT2D eigenvalue weighted by Crippen LogP contribution is 2.30. The molecule has 0 unspecified atom stereocenters. The molecule has 0 radical (unpaired) electrons. The van der Waals surface area contributed by atoms with Crippen molar-refractivity contribution in [3.8, 4) is 11.5 Å². The SMILES string of the molecule is COc1cccc(OC)c1C(=O)c1cccc(Cl)c1. The van der Waals surface area contributed by atoms with Gasteiger partial charge in [-0.05, 0) is 24.3 Å². The van der Waals surface area contributed by atoms with Crippen LogP contribution in [0.3, 0.4) is 0 Å². The topological polar surface area (TPSA) is 35.5 Å². The minimum Gasteiger partial charge on any atom is -0.496 e. The van der Waals surface area contributed by atoms with Gasteiger partial charge in [-0.1, -0.05) is 29.8 Å². The third-order valence-electron chi connectivity index (χ3n) is 2.74. The van der Waals surface area contributed by atoms with Gasteiger partial charge in [0.15, 0.2) is 0 Å². The molecule has 0 amide bonds. The fraction of sp³-hybridized carbons (Fsp3) is 0.133. The molecule has 0 aliphatic carbocycles. The molecule has 19 heavy (non-hydrogen) atoms. The number of carbonyl (C=O) groups excluding carboxylic acids is 1. The van der Waals surface area contributed by atoms with Gasteiger partial charge in [-0.25, -0.2) is 0 Å². The summed E-state index contributed by atoms with van der Waals surface area (Å²) in [4.78, 5) is 12.5. The molecule has 0 atom stereocenters. The maximum absolute atomic E-state index is 12.5. The number of methoxy groups -OCH3 is 2. The van der Waals surface area contributed by atoms with Crippen molar-refractivity contribution in [1.82, 2.24) is 0 Å². The first-order valence-electron chi connectivity index (χ1n) is 5.68. The molecule has 2 rings (SSSR count). The van der Waals surface area contributed by atoms with Crippen molar-refractivity contribution in [3.05, 3.63) is 58.6 Å². The summed E-state index contributed by atoms with van der Waals surface area (Å²) >= 11 is 5.91. The summed E-state index contributed by atoms with van der Waals surface area (Å²) in [6.07, 6.45) is 0. The lowest BCUT2D eigenvalue weighted by molar-refractivity contribution is 0.103. The fourth-order valence-corrected chi connectivity index (χ4v) is 2.04. The van der Waals surface area contributed by atoms with Gasteiger partial charge in [0.05, 0.1) is 14.2 Å². The average Bonchev–Trinajstić information content (AvgIpc) is 2.45. The van der Waals surface area contributed by atoms with Crippen molar-refractivity contribution < 1.29 is 14.3 Å². The Labute approximate surface area is 116 Å². The minimum absolute atomic E-state index is 0.184. The van der Waals surface area contributed by atoms with E-state index in [1.807, 2.05) is 0 Å². The maximum atomic E-state index is 12.5. The Morgan fingerprint density at radius 3 is 2.11 bits per heavy atom. The van der Waals surface area contributed by atoms with Gasteiger partial charge in [0.1, 0.15) is 17.1 Å². The van der Waals surface area contributed by atoms with Gasteiger partial charge in [0.2, 0.25) is 5.78 Å². The summed E-state index contributed by atoms with van der Waals surface area (Å²) in [5, 5.41) is 0.514. The zero-order valence-corrected chi connectivity index (χ0v) is 11.4. The average molecular weight is 277 g/mol. The molecule has 2 aromatic rings. The number of rotatable bonds is 4. The first-order chi connectivity index (χ1) is 9.17. The molecule has 2 aromatic carbocycles. The second-order valence-corrected chi connectivity index (χ2v) is 4.31. The lowest BCUT2D eigenvalue weighted by atomic mass is 10.0. The zero-order valence-electron chi connectivity index (χ0n) is 10.6. The molecule has 4 heteroatoms. The number of ketones is 1. The quantitative estimate of drug-likeness (QED) is 0.801. The van der Waals surface area contributed by atoms with Crippen LogP contribution in [0.25, 0.3) is 0 Å². The van der Waals surface area contributed by atoms with Gasteiger partial charge in [-0.15, -0.1) is 0 Å². The Bertz CT molecular complexity index is 586. The number of ether oxygens (including phenoxy) is 2. The van der Waals surface area contributed by atoms with Crippen molar-refractivity contribution in [3.63, 3.8) is 0 Å². The molecule has 0 saturated heterocycles. The largest absolute Gasteiger partial charge is 0.496 e. The van der Waals surface area contributed by atoms with Crippen molar-refractivity contribution >= 4 is 17.4 Å². The Hall–Kier alpha value is -2.00. The fourth-order valence-electron chi connectivity index (χ4n) is 1.85. The van der Waals surface area contributed by atoms with Gasteiger partial charge < -0.3 is 9.47 Å². The van der Waals surface area contributed by atoms with Crippen molar-refractivity contribution in [2.24, 2.45) is 0 Å². The molecule has 0 aromatic heterocycles. The third kappa shape index (κ3) is 2.71. The summed E-state index contributed by atoms with van der Waals surface area (Å²) in [7, 11) is 3.03. The number of halogens is 1. The first-order valence-corrected chi connectivity index (χ1v) is 6.06. The van der Waals surface area contributed by atoms with Gasteiger partial charge in [-0.3, -0.25) is 4.79 Å². The number of hydrogen-bond donors (Lipinski definition) is 0. The van der Waals surface area contributed by atoms with Crippen LogP contribution in [-0.4, -0.2) is 20.0 Å². The van der Waals surface area contributed by atoms with Gasteiger partial charge in [-0.2, -0.15) is 0 Å². The van der Waals surface area contributed by atoms with E-state index < -0.39 is 0 Å². The van der Waals surface area contributed by atoms with Crippen LogP contribution in [0.1, 0.15) is 15.9 Å². The highest BCUT2D eigenvalue weighted by atomic mass is 35.5. The normalized spacial score (nSPS) is 10.1. The van der Waals surface area contributed by atoms with Gasteiger partial charge >= 0.3 is 0 Å². The molecular formula is C15H13ClO3. The van der Waals surface area contributed by atoms with Crippen LogP contribution < -0.4 is 9.47 Å². The van der Waals surface area contributed by atoms with E-state index in [9.17, 15) is 4.79 Å². The molecule has 0 aliphatic rings. The predicted octanol–water partition coefficient (Wildman–Crippen LogP) is 3.59. The molecule has 0 N–H and O–H groups in total. The van der Waals surface area contributed by atoms with Crippen LogP contribution in [0.5, 0.6) is 11.5 Å². The third-order valence-corrected chi connectivity index (χ3v) is 2.98. The molecule has 0 fully saturated rings. The van der Waals surface area contributed by atoms with E-state index in [1.54, 1.807) is 42.5 Å². The molecule has 98 valence electrons. The molecule has 0 bridgehead atoms. The van der Waals surface area contributed by atoms with E-state index in [1.165, 1.54) is 14.2 Å². The molecule has 0 spiro atoms. The predicted molar refractivity (Wildman–Crippen MR) is 74.4 cm³/mol. The first kappa shape index (κ1) is 13.4. The lowest BCUT2D eigenvalue weighted by Gasteiger charge is -2.12. The summed E-state index contributed by atoms with van der Waals surface area (Å²) in [5.41, 5.74) is 0.894. The van der Waals surface area contributed by atoms with E-state index in [4.69, 9.17) is 21.1 Å². The Kier molecular flexibility index (Phi) is 4.07. The van der Waals surface area contributed by atoms with Crippen LogP contribution in [0.4, 0.5) is 0 Å². The molecule has 0 saturated carbocycles. The summed E-state index contributed by atoms with van der Waals surface area (Å²) in [6.45, 7) is 0. The summed E-state index contributed by atoms with van der Waals surface area (Å²) < 4.78 is 10.5. The summed E-state index contributed by atoms with van der Waals surface area (Å²) in [6, 6.07) is 12.0. The van der Waals surface area contributed by atoms with E-state index in [0.717, 1.165) is 0 Å². The van der Waals surface area contributed by atoms with E-state index in [-0.39, 0.29) is 5.78 Å². The number of carbonyl (C=O) groups is 1. The van der Waals surface area contributed by atoms with E-state index in [2.05, 4.69) is 0 Å². The van der Waals surface area contributed by atoms with E-state index in [0.29, 0.717) is 27.6 Å². The molecule has 0 heterocycles. The monoisotopic (exact) mass is 276 g/mol. The van der Waals surface area contributed by atoms with Gasteiger partial charge in [0, 0.05) is 10.6 Å². The second-order valence-electron chi connectivity index (χ2n) is 3.88. The zero-order chi connectivity index (χ0) is 13.8. The van der Waals surface area contributed by atoms with Crippen LogP contribution in [0.2, 0.25) is 5.02 Å². The van der Waals surface area contributed by atoms with Crippen molar-refractivity contribution in [2.75, 3.05) is 14.2 Å². The Balaban J connectivity index is 2.55. The standard InChI is InChI=1S/C15H13ClO3/c1-18-12-7-4-8-13(19-2)14(12)15(17)10-5-3-6-11(16)9-10/h3-9H,1-2H3. The number of hydrogen-bond acceptors (Lipinski definition) is 3. The smallest absolute Gasteiger partial charge is 0.200 e. The Morgan fingerprint density at radius 1 is 1.00 bits per heavy atom. The highest BCUT2D eigenvalue weighted by Gasteiger charge is 2.19. The van der Waals surface area contributed by atoms with E-state index >= 15 is 0 Å². The summed E-state index contributed by atoms with van der Waals surface area (Å²) in [5.74, 6) is 0.769. The molecule has 0 aliphatic heterocycles. The van der Waals surface area contributed by atoms with Crippen LogP contribution >= 0.6 is 11.6 Å². The van der Waals surface area contributed by atoms with Crippen molar-refractivity contribution in [1.29, 1.82) is 0 Å². The Morgan fingerprint density at radius 2 is 1.58 bits per heavy atom. The second kappa shape index (κ2) is 5.76. The molecular weight excluding hydrogens is 264 g/mol. The molecule has 3 nitrogen and oxygen atoms in total. The van der Waals surface area contributed by atoms with Crippen LogP contribution in [-0.2, 0) is 0 Å².